The third-order valence-corrected chi connectivity index (χ3v) is 3.42. The van der Waals surface area contributed by atoms with Gasteiger partial charge in [0.2, 0.25) is 0 Å². The van der Waals surface area contributed by atoms with Gasteiger partial charge in [-0.25, -0.2) is 4.68 Å². The number of nitrogens with two attached hydrogens (primary N) is 1. The van der Waals surface area contributed by atoms with Gasteiger partial charge in [-0.3, -0.25) is 4.79 Å². The summed E-state index contributed by atoms with van der Waals surface area (Å²) in [6.45, 7) is 2.30. The average Bonchev–Trinajstić information content (AvgIpc) is 2.86. The molecule has 0 spiro atoms. The Morgan fingerprint density at radius 1 is 1.61 bits per heavy atom. The predicted molar refractivity (Wildman–Crippen MR) is 65.1 cm³/mol. The quantitative estimate of drug-likeness (QED) is 0.646. The third kappa shape index (κ3) is 2.00. The van der Waals surface area contributed by atoms with E-state index in [9.17, 15) is 4.79 Å². The van der Waals surface area contributed by atoms with Crippen molar-refractivity contribution in [1.29, 1.82) is 0 Å². The van der Waals surface area contributed by atoms with Gasteiger partial charge in [-0.2, -0.15) is 5.10 Å². The number of rotatable bonds is 3. The Kier molecular flexibility index (Phi) is 3.02. The number of hydrogen-bond acceptors (Lipinski definition) is 5. The average molecular weight is 251 g/mol. The molecular formula is C11H17N5O2. The molecule has 2 atom stereocenters. The smallest absolute Gasteiger partial charge is 0.256 e. The van der Waals surface area contributed by atoms with Crippen LogP contribution < -0.4 is 16.4 Å². The Labute approximate surface area is 105 Å². The van der Waals surface area contributed by atoms with Gasteiger partial charge in [0.1, 0.15) is 5.82 Å². The van der Waals surface area contributed by atoms with E-state index < -0.39 is 6.10 Å². The molecule has 1 amide bonds. The Bertz CT molecular complexity index is 442. The number of hydrogen-bond donors (Lipinski definition) is 3. The lowest BCUT2D eigenvalue weighted by atomic mass is 10.1. The number of carbonyl (C=O) groups is 1. The van der Waals surface area contributed by atoms with Gasteiger partial charge in [0.25, 0.3) is 5.91 Å². The summed E-state index contributed by atoms with van der Waals surface area (Å²) in [4.78, 5) is 12.0. The molecule has 1 aromatic rings. The van der Waals surface area contributed by atoms with Crippen LogP contribution in [0.5, 0.6) is 0 Å². The minimum Gasteiger partial charge on any atom is -0.367 e. The monoisotopic (exact) mass is 251 g/mol. The van der Waals surface area contributed by atoms with Gasteiger partial charge in [-0.05, 0) is 6.42 Å². The first kappa shape index (κ1) is 11.6. The van der Waals surface area contributed by atoms with E-state index in [-0.39, 0.29) is 11.9 Å². The fourth-order valence-corrected chi connectivity index (χ4v) is 2.22. The molecule has 0 radical (unpaired) electrons. The third-order valence-electron chi connectivity index (χ3n) is 3.42. The second-order valence-corrected chi connectivity index (χ2v) is 4.71. The van der Waals surface area contributed by atoms with Crippen molar-refractivity contribution in [2.24, 2.45) is 5.73 Å². The highest BCUT2D eigenvalue weighted by atomic mass is 16.5. The highest BCUT2D eigenvalue weighted by Crippen LogP contribution is 2.19. The molecule has 4 N–H and O–H groups in total. The van der Waals surface area contributed by atoms with Crippen molar-refractivity contribution in [3.05, 3.63) is 12.3 Å². The van der Waals surface area contributed by atoms with E-state index >= 15 is 0 Å². The topological polar surface area (TPSA) is 94.2 Å². The molecule has 3 heterocycles. The minimum absolute atomic E-state index is 0.186. The zero-order valence-corrected chi connectivity index (χ0v) is 10.0. The fraction of sp³-hybridized carbons (Fsp3) is 0.636. The van der Waals surface area contributed by atoms with Crippen LogP contribution >= 0.6 is 0 Å². The maximum Gasteiger partial charge on any atom is 0.256 e. The molecule has 7 nitrogen and oxygen atoms in total. The zero-order valence-electron chi connectivity index (χ0n) is 10.0. The van der Waals surface area contributed by atoms with Crippen LogP contribution in [0.1, 0.15) is 12.5 Å². The first-order valence-electron chi connectivity index (χ1n) is 6.18. The normalized spacial score (nSPS) is 28.1. The predicted octanol–water partition coefficient (Wildman–Crippen LogP) is -0.918. The van der Waals surface area contributed by atoms with E-state index in [1.54, 1.807) is 12.3 Å². The molecule has 2 unspecified atom stereocenters. The zero-order chi connectivity index (χ0) is 12.5. The van der Waals surface area contributed by atoms with Crippen LogP contribution in [0.3, 0.4) is 0 Å². The standard InChI is InChI=1S/C11H17N5O2/c12-8-2-4-18-10(8)11(17)15-9-1-3-14-16(9)7-5-13-6-7/h1,3,7-8,10,13H,2,4-6,12H2,(H,15,17). The summed E-state index contributed by atoms with van der Waals surface area (Å²) in [6.07, 6.45) is 1.86. The van der Waals surface area contributed by atoms with Gasteiger partial charge in [0.05, 0.1) is 12.2 Å². The largest absolute Gasteiger partial charge is 0.367 e. The lowest BCUT2D eigenvalue weighted by molar-refractivity contribution is -0.125. The molecule has 3 rings (SSSR count). The number of nitrogens with one attached hydrogen (secondary N) is 2. The number of carbonyl (C=O) groups excluding carboxylic acids is 1. The van der Waals surface area contributed by atoms with Crippen molar-refractivity contribution in [1.82, 2.24) is 15.1 Å². The first-order valence-corrected chi connectivity index (χ1v) is 6.18. The summed E-state index contributed by atoms with van der Waals surface area (Å²) >= 11 is 0. The highest BCUT2D eigenvalue weighted by molar-refractivity contribution is 5.94. The molecule has 0 aromatic carbocycles. The van der Waals surface area contributed by atoms with E-state index in [0.29, 0.717) is 18.5 Å². The highest BCUT2D eigenvalue weighted by Gasteiger charge is 2.32. The van der Waals surface area contributed by atoms with Gasteiger partial charge < -0.3 is 21.1 Å². The molecule has 2 aliphatic heterocycles. The SMILES string of the molecule is NC1CCOC1C(=O)Nc1ccnn1C1CNC1. The van der Waals surface area contributed by atoms with Gasteiger partial charge in [0, 0.05) is 31.8 Å². The van der Waals surface area contributed by atoms with Crippen LogP contribution in [-0.2, 0) is 9.53 Å². The Morgan fingerprint density at radius 3 is 3.06 bits per heavy atom. The van der Waals surface area contributed by atoms with E-state index in [4.69, 9.17) is 10.5 Å². The van der Waals surface area contributed by atoms with E-state index in [1.807, 2.05) is 4.68 Å². The molecule has 2 saturated heterocycles. The van der Waals surface area contributed by atoms with Gasteiger partial charge >= 0.3 is 0 Å². The van der Waals surface area contributed by atoms with Crippen LogP contribution in [-0.4, -0.2) is 47.5 Å². The summed E-state index contributed by atoms with van der Waals surface area (Å²) in [5.74, 6) is 0.517. The second-order valence-electron chi connectivity index (χ2n) is 4.71. The van der Waals surface area contributed by atoms with Crippen molar-refractivity contribution in [3.8, 4) is 0 Å². The lowest BCUT2D eigenvalue weighted by Crippen LogP contribution is -2.45. The van der Waals surface area contributed by atoms with E-state index in [2.05, 4.69) is 15.7 Å². The molecule has 7 heteroatoms. The summed E-state index contributed by atoms with van der Waals surface area (Å²) in [5.41, 5.74) is 5.83. The van der Waals surface area contributed by atoms with Gasteiger partial charge in [-0.1, -0.05) is 0 Å². The van der Waals surface area contributed by atoms with Crippen molar-refractivity contribution in [3.63, 3.8) is 0 Å². The van der Waals surface area contributed by atoms with Crippen LogP contribution in [0.4, 0.5) is 5.82 Å². The molecule has 2 fully saturated rings. The summed E-state index contributed by atoms with van der Waals surface area (Å²) in [6, 6.07) is 1.89. The molecule has 0 bridgehead atoms. The van der Waals surface area contributed by atoms with Crippen molar-refractivity contribution in [2.45, 2.75) is 24.6 Å². The Hall–Kier alpha value is -1.44. The lowest BCUT2D eigenvalue weighted by Gasteiger charge is -2.29. The number of ether oxygens (including phenoxy) is 1. The van der Waals surface area contributed by atoms with Crippen LogP contribution in [0.25, 0.3) is 0 Å². The second kappa shape index (κ2) is 4.68. The molecule has 1 aromatic heterocycles. The van der Waals surface area contributed by atoms with E-state index in [0.717, 1.165) is 19.5 Å². The van der Waals surface area contributed by atoms with Crippen molar-refractivity contribution in [2.75, 3.05) is 25.0 Å². The maximum absolute atomic E-state index is 12.0. The molecule has 2 aliphatic rings. The fourth-order valence-electron chi connectivity index (χ4n) is 2.22. The summed E-state index contributed by atoms with van der Waals surface area (Å²) in [7, 11) is 0. The minimum atomic E-state index is -0.548. The van der Waals surface area contributed by atoms with Crippen LogP contribution in [0, 0.1) is 0 Å². The van der Waals surface area contributed by atoms with E-state index in [1.165, 1.54) is 0 Å². The Morgan fingerprint density at radius 2 is 2.44 bits per heavy atom. The first-order chi connectivity index (χ1) is 8.75. The van der Waals surface area contributed by atoms with Crippen molar-refractivity contribution >= 4 is 11.7 Å². The number of nitrogens with zero attached hydrogens (tertiary/aromatic N) is 2. The van der Waals surface area contributed by atoms with Gasteiger partial charge in [0.15, 0.2) is 6.10 Å². The molecule has 18 heavy (non-hydrogen) atoms. The van der Waals surface area contributed by atoms with Gasteiger partial charge in [-0.15, -0.1) is 0 Å². The number of amides is 1. The number of anilines is 1. The summed E-state index contributed by atoms with van der Waals surface area (Å²) in [5, 5.41) is 10.2. The molecule has 0 aliphatic carbocycles. The van der Waals surface area contributed by atoms with Crippen LogP contribution in [0.15, 0.2) is 12.3 Å². The molecular weight excluding hydrogens is 234 g/mol. The number of aromatic nitrogens is 2. The summed E-state index contributed by atoms with van der Waals surface area (Å²) < 4.78 is 7.17. The van der Waals surface area contributed by atoms with Crippen molar-refractivity contribution < 1.29 is 9.53 Å². The molecule has 0 saturated carbocycles. The maximum atomic E-state index is 12.0. The molecule has 98 valence electrons. The Balaban J connectivity index is 1.68. The van der Waals surface area contributed by atoms with Crippen LogP contribution in [0.2, 0.25) is 0 Å².